The molecule has 4 aromatic rings. The molecule has 0 bridgehead atoms. The predicted molar refractivity (Wildman–Crippen MR) is 140 cm³/mol. The summed E-state index contributed by atoms with van der Waals surface area (Å²) in [5.41, 5.74) is 0.830. The molecule has 0 spiro atoms. The third kappa shape index (κ3) is 5.52. The lowest BCUT2D eigenvalue weighted by molar-refractivity contribution is -0.00187. The average molecular weight is 488 g/mol. The van der Waals surface area contributed by atoms with E-state index in [9.17, 15) is 9.90 Å². The molecular weight excluding hydrogens is 454 g/mol. The highest BCUT2D eigenvalue weighted by molar-refractivity contribution is 5.89. The van der Waals surface area contributed by atoms with Gasteiger partial charge in [0.2, 0.25) is 0 Å². The molecule has 0 fully saturated rings. The molecule has 7 heteroatoms. The van der Waals surface area contributed by atoms with E-state index in [1.807, 2.05) is 82.3 Å². The number of rotatable bonds is 8. The van der Waals surface area contributed by atoms with Crippen molar-refractivity contribution >= 4 is 17.0 Å². The van der Waals surface area contributed by atoms with Crippen LogP contribution in [0.2, 0.25) is 0 Å². The number of ether oxygens (including phenoxy) is 2. The molecule has 2 aromatic carbocycles. The number of aromatic amines is 1. The number of hydrogen-bond acceptors (Lipinski definition) is 5. The molecule has 188 valence electrons. The number of para-hydroxylation sites is 1. The van der Waals surface area contributed by atoms with Gasteiger partial charge in [-0.3, -0.25) is 4.98 Å². The van der Waals surface area contributed by atoms with E-state index in [4.69, 9.17) is 9.47 Å². The minimum absolute atomic E-state index is 0.00778. The Bertz CT molecular complexity index is 1300. The molecule has 2 N–H and O–H groups in total. The van der Waals surface area contributed by atoms with Crippen LogP contribution in [-0.2, 0) is 16.9 Å². The van der Waals surface area contributed by atoms with Gasteiger partial charge in [-0.25, -0.2) is 4.79 Å². The fraction of sp³-hybridized carbons (Fsp3) is 0.310. The lowest BCUT2D eigenvalue weighted by Crippen LogP contribution is -2.46. The Balaban J connectivity index is 1.72. The van der Waals surface area contributed by atoms with Gasteiger partial charge in [0.1, 0.15) is 23.6 Å². The Morgan fingerprint density at radius 3 is 2.50 bits per heavy atom. The Morgan fingerprint density at radius 1 is 1.06 bits per heavy atom. The maximum absolute atomic E-state index is 13.0. The van der Waals surface area contributed by atoms with Crippen molar-refractivity contribution in [2.75, 3.05) is 13.1 Å². The summed E-state index contributed by atoms with van der Waals surface area (Å²) in [6.45, 7) is 8.10. The number of aliphatic hydroxyl groups is 1. The molecule has 7 nitrogen and oxygen atoms in total. The topological polar surface area (TPSA) is 87.7 Å². The highest BCUT2D eigenvalue weighted by Crippen LogP contribution is 2.38. The number of hydrogen-bond donors (Lipinski definition) is 2. The standard InChI is InChI=1S/C29H33N3O4/c1-5-32(27(33)36-28(2,3)4)20-29(34,22-13-10-16-30-17-22)24-18-31-26-23(24)14-9-15-25(26)35-19-21-11-7-6-8-12-21/h6-18,31,34H,5,19-20H2,1-4H3/t29-/m1/s1. The van der Waals surface area contributed by atoms with E-state index in [2.05, 4.69) is 9.97 Å². The van der Waals surface area contributed by atoms with Crippen LogP contribution in [0.4, 0.5) is 4.79 Å². The van der Waals surface area contributed by atoms with E-state index >= 15 is 0 Å². The largest absolute Gasteiger partial charge is 0.487 e. The average Bonchev–Trinajstić information content (AvgIpc) is 3.31. The van der Waals surface area contributed by atoms with Crippen LogP contribution in [0, 0.1) is 0 Å². The molecule has 1 atom stereocenters. The van der Waals surface area contributed by atoms with Crippen LogP contribution in [-0.4, -0.2) is 44.8 Å². The molecule has 4 rings (SSSR count). The van der Waals surface area contributed by atoms with Crippen molar-refractivity contribution in [1.29, 1.82) is 0 Å². The molecule has 0 unspecified atom stereocenters. The molecule has 2 heterocycles. The number of nitrogens with zero attached hydrogens (tertiary/aromatic N) is 2. The number of fused-ring (bicyclic) bond motifs is 1. The van der Waals surface area contributed by atoms with Crippen LogP contribution in [0.3, 0.4) is 0 Å². The van der Waals surface area contributed by atoms with E-state index in [1.165, 1.54) is 4.90 Å². The maximum atomic E-state index is 13.0. The van der Waals surface area contributed by atoms with Gasteiger partial charge < -0.3 is 24.5 Å². The van der Waals surface area contributed by atoms with Gasteiger partial charge in [0.05, 0.1) is 12.1 Å². The molecular formula is C29H33N3O4. The molecule has 0 aliphatic rings. The molecule has 36 heavy (non-hydrogen) atoms. The van der Waals surface area contributed by atoms with Crippen molar-refractivity contribution in [2.24, 2.45) is 0 Å². The van der Waals surface area contributed by atoms with Gasteiger partial charge in [0.15, 0.2) is 0 Å². The third-order valence-corrected chi connectivity index (χ3v) is 5.95. The second kappa shape index (κ2) is 10.4. The van der Waals surface area contributed by atoms with Crippen LogP contribution in [0.25, 0.3) is 10.9 Å². The Morgan fingerprint density at radius 2 is 1.83 bits per heavy atom. The first-order valence-electron chi connectivity index (χ1n) is 12.1. The summed E-state index contributed by atoms with van der Waals surface area (Å²) in [5, 5.41) is 13.0. The number of likely N-dealkylation sites (N-methyl/N-ethyl adjacent to an activating group) is 1. The van der Waals surface area contributed by atoms with E-state index < -0.39 is 17.3 Å². The molecule has 1 amide bonds. The quantitative estimate of drug-likeness (QED) is 0.336. The fourth-order valence-corrected chi connectivity index (χ4v) is 4.17. The number of H-pyrrole nitrogens is 1. The van der Waals surface area contributed by atoms with E-state index in [-0.39, 0.29) is 6.54 Å². The SMILES string of the molecule is CCN(C[C@@](O)(c1cccnc1)c1c[nH]c2c(OCc3ccccc3)cccc12)C(=O)OC(C)(C)C. The zero-order valence-corrected chi connectivity index (χ0v) is 21.2. The number of carbonyl (C=O) groups excluding carboxylic acids is 1. The normalized spacial score (nSPS) is 13.2. The van der Waals surface area contributed by atoms with Crippen molar-refractivity contribution < 1.29 is 19.4 Å². The van der Waals surface area contributed by atoms with Crippen LogP contribution < -0.4 is 4.74 Å². The Labute approximate surface area is 211 Å². The summed E-state index contributed by atoms with van der Waals surface area (Å²) in [6, 6.07) is 19.3. The number of benzene rings is 2. The smallest absolute Gasteiger partial charge is 0.410 e. The summed E-state index contributed by atoms with van der Waals surface area (Å²) in [4.78, 5) is 22.0. The van der Waals surface area contributed by atoms with Gasteiger partial charge in [0.25, 0.3) is 0 Å². The Hall–Kier alpha value is -3.84. The monoisotopic (exact) mass is 487 g/mol. The number of amides is 1. The first kappa shape index (κ1) is 25.3. The minimum atomic E-state index is -1.54. The summed E-state index contributed by atoms with van der Waals surface area (Å²) in [7, 11) is 0. The Kier molecular flexibility index (Phi) is 7.31. The summed E-state index contributed by atoms with van der Waals surface area (Å²) in [5.74, 6) is 0.677. The lowest BCUT2D eigenvalue weighted by Gasteiger charge is -2.35. The summed E-state index contributed by atoms with van der Waals surface area (Å²) in [6.07, 6.45) is 4.56. The molecule has 0 saturated carbocycles. The van der Waals surface area contributed by atoms with Gasteiger partial charge in [0, 0.05) is 41.6 Å². The van der Waals surface area contributed by atoms with Crippen LogP contribution in [0.1, 0.15) is 44.4 Å². The number of nitrogens with one attached hydrogen (secondary N) is 1. The molecule has 0 aliphatic heterocycles. The van der Waals surface area contributed by atoms with Crippen molar-refractivity contribution in [3.05, 3.63) is 95.9 Å². The zero-order chi connectivity index (χ0) is 25.8. The third-order valence-electron chi connectivity index (χ3n) is 5.95. The highest BCUT2D eigenvalue weighted by Gasteiger charge is 2.38. The second-order valence-corrected chi connectivity index (χ2v) is 9.75. The van der Waals surface area contributed by atoms with Crippen molar-refractivity contribution in [3.8, 4) is 5.75 Å². The first-order chi connectivity index (χ1) is 17.2. The fourth-order valence-electron chi connectivity index (χ4n) is 4.17. The molecule has 0 radical (unpaired) electrons. The van der Waals surface area contributed by atoms with Gasteiger partial charge in [-0.05, 0) is 45.4 Å². The van der Waals surface area contributed by atoms with E-state index in [1.54, 1.807) is 24.7 Å². The highest BCUT2D eigenvalue weighted by atomic mass is 16.6. The van der Waals surface area contributed by atoms with E-state index in [0.717, 1.165) is 16.5 Å². The first-order valence-corrected chi connectivity index (χ1v) is 12.1. The van der Waals surface area contributed by atoms with Crippen LogP contribution in [0.5, 0.6) is 5.75 Å². The van der Waals surface area contributed by atoms with E-state index in [0.29, 0.717) is 30.0 Å². The van der Waals surface area contributed by atoms with Crippen LogP contribution in [0.15, 0.2) is 79.3 Å². The molecule has 0 saturated heterocycles. The van der Waals surface area contributed by atoms with Gasteiger partial charge in [-0.1, -0.05) is 48.5 Å². The predicted octanol–water partition coefficient (Wildman–Crippen LogP) is 5.63. The van der Waals surface area contributed by atoms with Crippen molar-refractivity contribution in [2.45, 2.75) is 45.5 Å². The second-order valence-electron chi connectivity index (χ2n) is 9.75. The van der Waals surface area contributed by atoms with Crippen LogP contribution >= 0.6 is 0 Å². The minimum Gasteiger partial charge on any atom is -0.487 e. The van der Waals surface area contributed by atoms with Crippen molar-refractivity contribution in [3.63, 3.8) is 0 Å². The lowest BCUT2D eigenvalue weighted by atomic mass is 9.86. The van der Waals surface area contributed by atoms with Gasteiger partial charge in [-0.15, -0.1) is 0 Å². The molecule has 0 aliphatic carbocycles. The van der Waals surface area contributed by atoms with Gasteiger partial charge in [-0.2, -0.15) is 0 Å². The van der Waals surface area contributed by atoms with Gasteiger partial charge >= 0.3 is 6.09 Å². The summed E-state index contributed by atoms with van der Waals surface area (Å²) < 4.78 is 11.7. The zero-order valence-electron chi connectivity index (χ0n) is 21.2. The van der Waals surface area contributed by atoms with Crippen molar-refractivity contribution in [1.82, 2.24) is 14.9 Å². The number of pyridine rings is 1. The molecule has 2 aromatic heterocycles. The number of aromatic nitrogens is 2. The summed E-state index contributed by atoms with van der Waals surface area (Å²) >= 11 is 0. The maximum Gasteiger partial charge on any atom is 0.410 e. The number of carbonyl (C=O) groups is 1.